The summed E-state index contributed by atoms with van der Waals surface area (Å²) < 4.78 is 10.7. The average Bonchev–Trinajstić information content (AvgIpc) is 2.50. The van der Waals surface area contributed by atoms with E-state index in [9.17, 15) is 20.4 Å². The Morgan fingerprint density at radius 3 is 2.52 bits per heavy atom. The number of anilines is 1. The summed E-state index contributed by atoms with van der Waals surface area (Å²) in [7, 11) is 0. The number of ether oxygens (including phenoxy) is 2. The summed E-state index contributed by atoms with van der Waals surface area (Å²) in [6, 6.07) is 6.88. The van der Waals surface area contributed by atoms with Crippen molar-refractivity contribution in [3.63, 3.8) is 0 Å². The molecule has 0 amide bonds. The second-order valence-electron chi connectivity index (χ2n) is 4.94. The highest BCUT2D eigenvalue weighted by Gasteiger charge is 2.49. The molecule has 1 fully saturated rings. The van der Waals surface area contributed by atoms with Crippen molar-refractivity contribution in [2.75, 3.05) is 25.1 Å². The van der Waals surface area contributed by atoms with E-state index in [1.165, 1.54) is 0 Å². The Bertz CT molecular complexity index is 453. The molecule has 1 aromatic carbocycles. The lowest BCUT2D eigenvalue weighted by atomic mass is 9.94. The molecule has 118 valence electrons. The fraction of sp³-hybridized carbons (Fsp3) is 0.571. The number of benzene rings is 1. The van der Waals surface area contributed by atoms with E-state index in [0.717, 1.165) is 0 Å². The summed E-state index contributed by atoms with van der Waals surface area (Å²) in [6.45, 7) is 1.68. The zero-order chi connectivity index (χ0) is 15.5. The van der Waals surface area contributed by atoms with Gasteiger partial charge in [-0.15, -0.1) is 0 Å². The molecule has 21 heavy (non-hydrogen) atoms. The highest BCUT2D eigenvalue weighted by Crippen LogP contribution is 2.28. The Balaban J connectivity index is 2.14. The summed E-state index contributed by atoms with van der Waals surface area (Å²) in [4.78, 5) is 0. The summed E-state index contributed by atoms with van der Waals surface area (Å²) >= 11 is 0. The number of hydrogen-bond acceptors (Lipinski definition) is 7. The maximum atomic E-state index is 10.1. The van der Waals surface area contributed by atoms with Crippen molar-refractivity contribution < 1.29 is 29.9 Å². The lowest BCUT2D eigenvalue weighted by molar-refractivity contribution is -0.235. The predicted octanol–water partition coefficient (Wildman–Crippen LogP) is -0.701. The van der Waals surface area contributed by atoms with Crippen LogP contribution >= 0.6 is 0 Å². The normalized spacial score (nSPS) is 32.7. The largest absolute Gasteiger partial charge is 0.494 e. The van der Waals surface area contributed by atoms with Gasteiger partial charge in [-0.2, -0.15) is 0 Å². The van der Waals surface area contributed by atoms with Gasteiger partial charge >= 0.3 is 0 Å². The van der Waals surface area contributed by atoms with E-state index in [2.05, 4.69) is 5.32 Å². The third kappa shape index (κ3) is 3.28. The quantitative estimate of drug-likeness (QED) is 0.489. The lowest BCUT2D eigenvalue weighted by Gasteiger charge is -2.45. The van der Waals surface area contributed by atoms with Crippen LogP contribution in [-0.2, 0) is 4.74 Å². The van der Waals surface area contributed by atoms with E-state index in [4.69, 9.17) is 9.47 Å². The number of aliphatic hydroxyl groups is 4. The molecule has 5 N–H and O–H groups in total. The van der Waals surface area contributed by atoms with Gasteiger partial charge < -0.3 is 35.2 Å². The van der Waals surface area contributed by atoms with E-state index in [1.807, 2.05) is 6.92 Å². The molecule has 0 spiro atoms. The second-order valence-corrected chi connectivity index (χ2v) is 4.94. The molecule has 1 aliphatic heterocycles. The van der Waals surface area contributed by atoms with E-state index in [-0.39, 0.29) is 6.61 Å². The van der Waals surface area contributed by atoms with Crippen molar-refractivity contribution in [3.8, 4) is 5.75 Å². The Morgan fingerprint density at radius 1 is 1.29 bits per heavy atom. The van der Waals surface area contributed by atoms with E-state index >= 15 is 0 Å². The first kappa shape index (κ1) is 16.0. The fourth-order valence-electron chi connectivity index (χ4n) is 2.24. The Morgan fingerprint density at radius 2 is 1.95 bits per heavy atom. The van der Waals surface area contributed by atoms with Gasteiger partial charge in [0.05, 0.1) is 19.8 Å². The summed E-state index contributed by atoms with van der Waals surface area (Å²) in [6.07, 6.45) is -4.07. The monoisotopic (exact) mass is 299 g/mol. The minimum Gasteiger partial charge on any atom is -0.494 e. The molecule has 4 atom stereocenters. The first-order chi connectivity index (χ1) is 10.0. The molecule has 1 saturated heterocycles. The lowest BCUT2D eigenvalue weighted by Crippen LogP contribution is -2.66. The minimum absolute atomic E-state index is 0.192. The topological polar surface area (TPSA) is 111 Å². The first-order valence-corrected chi connectivity index (χ1v) is 6.82. The summed E-state index contributed by atoms with van der Waals surface area (Å²) in [5.41, 5.74) is -0.985. The van der Waals surface area contributed by atoms with Crippen LogP contribution in [0.2, 0.25) is 0 Å². The fourth-order valence-corrected chi connectivity index (χ4v) is 2.24. The molecule has 7 nitrogen and oxygen atoms in total. The van der Waals surface area contributed by atoms with Crippen molar-refractivity contribution in [2.24, 2.45) is 0 Å². The number of aliphatic hydroxyl groups excluding tert-OH is 4. The molecule has 1 heterocycles. The van der Waals surface area contributed by atoms with Crippen LogP contribution in [0.4, 0.5) is 5.69 Å². The summed E-state index contributed by atoms with van der Waals surface area (Å²) in [5, 5.41) is 41.7. The zero-order valence-corrected chi connectivity index (χ0v) is 11.8. The van der Waals surface area contributed by atoms with Crippen molar-refractivity contribution in [1.82, 2.24) is 0 Å². The van der Waals surface area contributed by atoms with Crippen molar-refractivity contribution in [1.29, 1.82) is 0 Å². The highest BCUT2D eigenvalue weighted by molar-refractivity contribution is 5.48. The van der Waals surface area contributed by atoms with Gasteiger partial charge in [-0.25, -0.2) is 0 Å². The minimum atomic E-state index is -1.56. The van der Waals surface area contributed by atoms with Gasteiger partial charge in [0.2, 0.25) is 0 Å². The van der Waals surface area contributed by atoms with Gasteiger partial charge in [0.15, 0.2) is 5.72 Å². The van der Waals surface area contributed by atoms with Crippen LogP contribution in [0, 0.1) is 0 Å². The first-order valence-electron chi connectivity index (χ1n) is 6.82. The molecule has 7 heteroatoms. The molecule has 1 aromatic rings. The van der Waals surface area contributed by atoms with Crippen LogP contribution in [0.1, 0.15) is 6.92 Å². The molecule has 2 rings (SSSR count). The van der Waals surface area contributed by atoms with Crippen LogP contribution in [-0.4, -0.2) is 64.3 Å². The maximum Gasteiger partial charge on any atom is 0.190 e. The van der Waals surface area contributed by atoms with Crippen LogP contribution in [0.3, 0.4) is 0 Å². The Hall–Kier alpha value is -1.38. The van der Waals surface area contributed by atoms with Gasteiger partial charge in [-0.1, -0.05) is 0 Å². The van der Waals surface area contributed by atoms with E-state index in [1.54, 1.807) is 24.3 Å². The van der Waals surface area contributed by atoms with Crippen molar-refractivity contribution in [3.05, 3.63) is 24.3 Å². The molecule has 0 bridgehead atoms. The molecule has 0 aromatic heterocycles. The predicted molar refractivity (Wildman–Crippen MR) is 75.0 cm³/mol. The molecule has 0 radical (unpaired) electrons. The Kier molecular flexibility index (Phi) is 5.02. The SMILES string of the molecule is CCOc1ccc(NC2(CO)OCC(O)C(O)C2O)cc1. The van der Waals surface area contributed by atoms with Crippen molar-refractivity contribution >= 4 is 5.69 Å². The molecular formula is C14H21NO6. The van der Waals surface area contributed by atoms with Crippen LogP contribution < -0.4 is 10.1 Å². The van der Waals surface area contributed by atoms with Crippen molar-refractivity contribution in [2.45, 2.75) is 31.0 Å². The van der Waals surface area contributed by atoms with Crippen LogP contribution in [0.25, 0.3) is 0 Å². The summed E-state index contributed by atoms with van der Waals surface area (Å²) in [5.74, 6) is 0.696. The molecule has 1 aliphatic rings. The third-order valence-corrected chi connectivity index (χ3v) is 3.46. The van der Waals surface area contributed by atoms with Gasteiger partial charge in [0.1, 0.15) is 24.1 Å². The maximum absolute atomic E-state index is 10.1. The number of nitrogens with one attached hydrogen (secondary N) is 1. The third-order valence-electron chi connectivity index (χ3n) is 3.46. The van der Waals surface area contributed by atoms with Gasteiger partial charge in [-0.3, -0.25) is 0 Å². The molecule has 0 aliphatic carbocycles. The van der Waals surface area contributed by atoms with Gasteiger partial charge in [0.25, 0.3) is 0 Å². The standard InChI is InChI=1S/C14H21NO6/c1-2-20-10-5-3-9(4-6-10)15-14(8-16)13(19)12(18)11(17)7-21-14/h3-6,11-13,15-19H,2,7-8H2,1H3. The van der Waals surface area contributed by atoms with Gasteiger partial charge in [-0.05, 0) is 31.2 Å². The molecule has 0 saturated carbocycles. The van der Waals surface area contributed by atoms with Crippen LogP contribution in [0.5, 0.6) is 5.75 Å². The highest BCUT2D eigenvalue weighted by atomic mass is 16.6. The molecular weight excluding hydrogens is 278 g/mol. The second kappa shape index (κ2) is 6.59. The van der Waals surface area contributed by atoms with E-state index < -0.39 is 30.6 Å². The molecule has 4 unspecified atom stereocenters. The smallest absolute Gasteiger partial charge is 0.190 e. The average molecular weight is 299 g/mol. The van der Waals surface area contributed by atoms with Gasteiger partial charge in [0, 0.05) is 5.69 Å². The van der Waals surface area contributed by atoms with E-state index in [0.29, 0.717) is 18.0 Å². The number of rotatable bonds is 5. The Labute approximate surface area is 122 Å². The number of hydrogen-bond donors (Lipinski definition) is 5. The zero-order valence-electron chi connectivity index (χ0n) is 11.8. The van der Waals surface area contributed by atoms with Crippen LogP contribution in [0.15, 0.2) is 24.3 Å².